The van der Waals surface area contributed by atoms with E-state index in [9.17, 15) is 79.0 Å². The first-order valence-electron chi connectivity index (χ1n) is 5.74. The van der Waals surface area contributed by atoms with Crippen molar-refractivity contribution in [2.45, 2.75) is 48.6 Å². The molecule has 0 aromatic heterocycles. The summed E-state index contributed by atoms with van der Waals surface area (Å²) < 4.78 is 229. The van der Waals surface area contributed by atoms with E-state index in [1.54, 1.807) is 0 Å². The maximum atomic E-state index is 14.0. The van der Waals surface area contributed by atoms with Gasteiger partial charge in [-0.3, -0.25) is 0 Å². The minimum Gasteiger partial charge on any atom is -0.213 e. The van der Waals surface area contributed by atoms with Crippen molar-refractivity contribution in [2.24, 2.45) is 0 Å². The maximum absolute atomic E-state index is 14.0. The number of halogens is 18. The molecule has 2 nitrogen and oxygen atoms in total. The Morgan fingerprint density at radius 2 is 0.500 bits per heavy atom. The molecular formula is C8F18N2. The van der Waals surface area contributed by atoms with Gasteiger partial charge in [0.05, 0.1) is 0 Å². The topological polar surface area (TPSA) is 6.48 Å². The smallest absolute Gasteiger partial charge is 0.213 e. The number of alkyl halides is 18. The number of hydrogen-bond donors (Lipinski definition) is 0. The Kier molecular flexibility index (Phi) is 4.96. The fourth-order valence-electron chi connectivity index (χ4n) is 2.33. The van der Waals surface area contributed by atoms with E-state index in [1.165, 1.54) is 0 Å². The molecule has 0 aliphatic heterocycles. The third-order valence-electron chi connectivity index (χ3n) is 3.30. The minimum atomic E-state index is -7.95. The highest BCUT2D eigenvalue weighted by Crippen LogP contribution is 2.74. The zero-order valence-corrected chi connectivity index (χ0v) is 11.7. The van der Waals surface area contributed by atoms with Crippen LogP contribution in [0.2, 0.25) is 0 Å². The van der Waals surface area contributed by atoms with Crippen molar-refractivity contribution in [1.82, 2.24) is 9.80 Å². The first-order chi connectivity index (χ1) is 11.7. The minimum absolute atomic E-state index is 4.44. The van der Waals surface area contributed by atoms with E-state index in [1.807, 2.05) is 0 Å². The highest BCUT2D eigenvalue weighted by Gasteiger charge is 3.07. The lowest BCUT2D eigenvalue weighted by atomic mass is 9.70. The van der Waals surface area contributed by atoms with Crippen molar-refractivity contribution in [3.8, 4) is 0 Å². The number of nitrogens with zero attached hydrogens (tertiary/aromatic N) is 2. The summed E-state index contributed by atoms with van der Waals surface area (Å²) in [5.74, 6) is -31.3. The van der Waals surface area contributed by atoms with E-state index in [4.69, 9.17) is 0 Å². The van der Waals surface area contributed by atoms with Crippen LogP contribution >= 0.6 is 0 Å². The van der Waals surface area contributed by atoms with Crippen molar-refractivity contribution < 1.29 is 79.0 Å². The second-order valence-corrected chi connectivity index (χ2v) is 4.94. The molecule has 0 aromatic carbocycles. The molecule has 0 spiro atoms. The molecule has 0 bridgehead atoms. The molecule has 2 atom stereocenters. The standard InChI is InChI=1S/C8F18N2/c9-1(10)2(11,12)4(14,28(7(21,22)23)8(24,25)26)3(1,13)27(5(15,16)17)6(18,19)20. The van der Waals surface area contributed by atoms with Crippen LogP contribution in [0.1, 0.15) is 0 Å². The Balaban J connectivity index is 4.04. The van der Waals surface area contributed by atoms with Gasteiger partial charge < -0.3 is 0 Å². The largest absolute Gasteiger partial charge is 0.470 e. The molecule has 168 valence electrons. The zero-order valence-electron chi connectivity index (χ0n) is 11.7. The van der Waals surface area contributed by atoms with Crippen LogP contribution in [0.15, 0.2) is 0 Å². The molecular weight excluding hydrogens is 466 g/mol. The van der Waals surface area contributed by atoms with E-state index in [0.717, 1.165) is 0 Å². The summed E-state index contributed by atoms with van der Waals surface area (Å²) in [4.78, 5) is -8.87. The predicted molar refractivity (Wildman–Crippen MR) is 45.5 cm³/mol. The van der Waals surface area contributed by atoms with E-state index in [2.05, 4.69) is 0 Å². The van der Waals surface area contributed by atoms with Crippen LogP contribution in [0.5, 0.6) is 0 Å². The summed E-state index contributed by atoms with van der Waals surface area (Å²) in [5.41, 5.74) is 0. The summed E-state index contributed by atoms with van der Waals surface area (Å²) in [5, 5.41) is 0. The zero-order chi connectivity index (χ0) is 23.2. The molecule has 1 rings (SSSR count). The summed E-state index contributed by atoms with van der Waals surface area (Å²) in [6, 6.07) is 0. The van der Waals surface area contributed by atoms with Gasteiger partial charge in [0, 0.05) is 0 Å². The molecule has 0 aromatic rings. The van der Waals surface area contributed by atoms with Gasteiger partial charge in [-0.15, -0.1) is 0 Å². The lowest BCUT2D eigenvalue weighted by molar-refractivity contribution is -0.592. The van der Waals surface area contributed by atoms with Crippen molar-refractivity contribution in [1.29, 1.82) is 0 Å². The Hall–Kier alpha value is -1.34. The third kappa shape index (κ3) is 2.76. The Morgan fingerprint density at radius 1 is 0.357 bits per heavy atom. The second-order valence-electron chi connectivity index (χ2n) is 4.94. The van der Waals surface area contributed by atoms with Gasteiger partial charge in [-0.2, -0.15) is 70.2 Å². The molecule has 28 heavy (non-hydrogen) atoms. The van der Waals surface area contributed by atoms with Crippen LogP contribution in [0.3, 0.4) is 0 Å². The molecule has 0 saturated heterocycles. The molecule has 1 fully saturated rings. The molecule has 20 heteroatoms. The molecule has 0 heterocycles. The summed E-state index contributed by atoms with van der Waals surface area (Å²) in [7, 11) is 0. The van der Waals surface area contributed by atoms with Gasteiger partial charge >= 0.3 is 48.6 Å². The maximum Gasteiger partial charge on any atom is 0.470 e. The first-order valence-corrected chi connectivity index (χ1v) is 5.74. The highest BCUT2D eigenvalue weighted by molar-refractivity contribution is 5.31. The average Bonchev–Trinajstić information content (AvgIpc) is 2.29. The van der Waals surface area contributed by atoms with Crippen LogP contribution in [0.4, 0.5) is 79.0 Å². The number of hydrogen-bond acceptors (Lipinski definition) is 2. The lowest BCUT2D eigenvalue weighted by Crippen LogP contribution is -2.97. The fraction of sp³-hybridized carbons (Fsp3) is 1.00. The predicted octanol–water partition coefficient (Wildman–Crippen LogP) is 5.29. The van der Waals surface area contributed by atoms with Crippen LogP contribution in [-0.4, -0.2) is 58.4 Å². The van der Waals surface area contributed by atoms with Crippen LogP contribution in [-0.2, 0) is 0 Å². The van der Waals surface area contributed by atoms with E-state index < -0.39 is 58.4 Å². The van der Waals surface area contributed by atoms with Gasteiger partial charge in [0.1, 0.15) is 0 Å². The molecule has 1 aliphatic carbocycles. The monoisotopic (exact) mass is 466 g/mol. The van der Waals surface area contributed by atoms with E-state index in [-0.39, 0.29) is 0 Å². The average molecular weight is 466 g/mol. The van der Waals surface area contributed by atoms with Crippen LogP contribution in [0, 0.1) is 0 Å². The van der Waals surface area contributed by atoms with Gasteiger partial charge in [-0.05, 0) is 0 Å². The number of rotatable bonds is 2. The van der Waals surface area contributed by atoms with Crippen molar-refractivity contribution in [3.63, 3.8) is 0 Å². The van der Waals surface area contributed by atoms with Gasteiger partial charge in [0.25, 0.3) is 0 Å². The molecule has 0 amide bonds. The quantitative estimate of drug-likeness (QED) is 0.404. The Bertz CT molecular complexity index is 527. The van der Waals surface area contributed by atoms with Gasteiger partial charge in [0.2, 0.25) is 0 Å². The summed E-state index contributed by atoms with van der Waals surface area (Å²) in [6.07, 6.45) is -30.9. The van der Waals surface area contributed by atoms with E-state index in [0.29, 0.717) is 0 Å². The van der Waals surface area contributed by atoms with Gasteiger partial charge in [-0.25, -0.2) is 8.78 Å². The Morgan fingerprint density at radius 3 is 0.607 bits per heavy atom. The third-order valence-corrected chi connectivity index (χ3v) is 3.30. The molecule has 1 saturated carbocycles. The van der Waals surface area contributed by atoms with Crippen LogP contribution < -0.4 is 0 Å². The van der Waals surface area contributed by atoms with Gasteiger partial charge in [-0.1, -0.05) is 9.80 Å². The fourth-order valence-corrected chi connectivity index (χ4v) is 2.33. The van der Waals surface area contributed by atoms with Crippen LogP contribution in [0.25, 0.3) is 0 Å². The lowest BCUT2D eigenvalue weighted by Gasteiger charge is -2.63. The molecule has 1 aliphatic rings. The van der Waals surface area contributed by atoms with E-state index >= 15 is 0 Å². The van der Waals surface area contributed by atoms with Crippen molar-refractivity contribution in [2.75, 3.05) is 0 Å². The highest BCUT2D eigenvalue weighted by atomic mass is 19.4. The molecule has 0 radical (unpaired) electrons. The molecule has 2 unspecified atom stereocenters. The Labute approximate surface area is 139 Å². The SMILES string of the molecule is FC(F)(F)N(C(F)(F)F)C1(F)C(F)(F)C(F)(F)C1(F)N(C(F)(F)F)C(F)(F)F. The summed E-state index contributed by atoms with van der Waals surface area (Å²) >= 11 is 0. The second kappa shape index (κ2) is 5.63. The molecule has 0 N–H and O–H groups in total. The summed E-state index contributed by atoms with van der Waals surface area (Å²) in [6.45, 7) is 0. The van der Waals surface area contributed by atoms with Gasteiger partial charge in [0.15, 0.2) is 0 Å². The first kappa shape index (κ1) is 24.7. The normalized spacial score (nSPS) is 31.3. The van der Waals surface area contributed by atoms with Crippen molar-refractivity contribution in [3.05, 3.63) is 0 Å². The van der Waals surface area contributed by atoms with Crippen molar-refractivity contribution >= 4 is 0 Å².